The summed E-state index contributed by atoms with van der Waals surface area (Å²) < 4.78 is 0. The molecule has 2 N–H and O–H groups in total. The molecule has 1 aliphatic rings. The molecular formula is C17H27N3O. The van der Waals surface area contributed by atoms with E-state index in [1.807, 2.05) is 24.3 Å². The fourth-order valence-corrected chi connectivity index (χ4v) is 3.25. The third-order valence-corrected chi connectivity index (χ3v) is 4.58. The van der Waals surface area contributed by atoms with Crippen LogP contribution in [0.4, 0.5) is 5.69 Å². The number of carbonyl (C=O) groups is 1. The topological polar surface area (TPSA) is 44.4 Å². The summed E-state index contributed by atoms with van der Waals surface area (Å²) in [6, 6.07) is 8.14. The fourth-order valence-electron chi connectivity index (χ4n) is 3.25. The Labute approximate surface area is 127 Å². The molecule has 1 aromatic carbocycles. The molecule has 1 aromatic rings. The molecule has 0 radical (unpaired) electrons. The monoisotopic (exact) mass is 289 g/mol. The Kier molecular flexibility index (Phi) is 5.37. The Morgan fingerprint density at radius 2 is 1.90 bits per heavy atom. The van der Waals surface area contributed by atoms with Gasteiger partial charge in [0.05, 0.1) is 0 Å². The summed E-state index contributed by atoms with van der Waals surface area (Å²) in [6.45, 7) is 5.30. The summed E-state index contributed by atoms with van der Waals surface area (Å²) in [7, 11) is 4.24. The summed E-state index contributed by atoms with van der Waals surface area (Å²) >= 11 is 0. The average Bonchev–Trinajstić information content (AvgIpc) is 2.79. The van der Waals surface area contributed by atoms with Gasteiger partial charge in [0.1, 0.15) is 6.04 Å². The van der Waals surface area contributed by atoms with Gasteiger partial charge < -0.3 is 15.5 Å². The summed E-state index contributed by atoms with van der Waals surface area (Å²) in [5.41, 5.74) is 1.99. The molecule has 0 saturated carbocycles. The van der Waals surface area contributed by atoms with Gasteiger partial charge >= 0.3 is 0 Å². The van der Waals surface area contributed by atoms with Crippen LogP contribution in [0.5, 0.6) is 0 Å². The largest absolute Gasteiger partial charge is 0.324 e. The predicted octanol–water partition coefficient (Wildman–Crippen LogP) is 2.64. The fraction of sp³-hybridized carbons (Fsp3) is 0.588. The van der Waals surface area contributed by atoms with Crippen molar-refractivity contribution in [2.24, 2.45) is 5.92 Å². The Morgan fingerprint density at radius 3 is 2.52 bits per heavy atom. The van der Waals surface area contributed by atoms with E-state index < -0.39 is 0 Å². The highest BCUT2D eigenvalue weighted by atomic mass is 16.2. The van der Waals surface area contributed by atoms with Gasteiger partial charge in [0.15, 0.2) is 0 Å². The Morgan fingerprint density at radius 1 is 1.24 bits per heavy atom. The van der Waals surface area contributed by atoms with Crippen molar-refractivity contribution in [1.29, 1.82) is 0 Å². The maximum atomic E-state index is 12.1. The molecule has 2 rings (SSSR count). The maximum Gasteiger partial charge on any atom is 0.246 e. The summed E-state index contributed by atoms with van der Waals surface area (Å²) in [5.74, 6) is 0.700. The van der Waals surface area contributed by atoms with E-state index in [0.717, 1.165) is 30.6 Å². The number of benzene rings is 1. The van der Waals surface area contributed by atoms with Crippen LogP contribution in [0, 0.1) is 5.92 Å². The zero-order chi connectivity index (χ0) is 15.4. The van der Waals surface area contributed by atoms with E-state index in [1.54, 1.807) is 0 Å². The molecule has 0 saturated heterocycles. The van der Waals surface area contributed by atoms with Gasteiger partial charge in [0, 0.05) is 23.8 Å². The van der Waals surface area contributed by atoms with Crippen LogP contribution >= 0.6 is 0 Å². The number of anilines is 1. The van der Waals surface area contributed by atoms with Crippen molar-refractivity contribution in [2.45, 2.75) is 38.8 Å². The minimum absolute atomic E-state index is 0.0539. The number of hydrogen-bond acceptors (Lipinski definition) is 3. The predicted molar refractivity (Wildman–Crippen MR) is 87.4 cm³/mol. The van der Waals surface area contributed by atoms with Crippen LogP contribution in [0.25, 0.3) is 0 Å². The number of nitrogens with zero attached hydrogens (tertiary/aromatic N) is 1. The molecule has 4 heteroatoms. The minimum atomic E-state index is -0.224. The maximum absolute atomic E-state index is 12.1. The van der Waals surface area contributed by atoms with Crippen molar-refractivity contribution in [3.05, 3.63) is 29.8 Å². The lowest BCUT2D eigenvalue weighted by Gasteiger charge is -2.32. The third kappa shape index (κ3) is 3.44. The van der Waals surface area contributed by atoms with Gasteiger partial charge in [0.2, 0.25) is 5.91 Å². The van der Waals surface area contributed by atoms with Crippen LogP contribution in [0.3, 0.4) is 0 Å². The van der Waals surface area contributed by atoms with Crippen LogP contribution < -0.4 is 10.6 Å². The molecule has 1 heterocycles. The minimum Gasteiger partial charge on any atom is -0.324 e. The Bertz CT molecular complexity index is 483. The van der Waals surface area contributed by atoms with E-state index in [0.29, 0.717) is 12.0 Å². The van der Waals surface area contributed by atoms with Crippen molar-refractivity contribution < 1.29 is 4.79 Å². The molecule has 2 unspecified atom stereocenters. The lowest BCUT2D eigenvalue weighted by molar-refractivity contribution is -0.117. The number of amides is 1. The van der Waals surface area contributed by atoms with Crippen molar-refractivity contribution in [3.63, 3.8) is 0 Å². The van der Waals surface area contributed by atoms with E-state index in [2.05, 4.69) is 43.5 Å². The molecule has 2 atom stereocenters. The van der Waals surface area contributed by atoms with E-state index in [-0.39, 0.29) is 11.9 Å². The van der Waals surface area contributed by atoms with Gasteiger partial charge in [0.25, 0.3) is 0 Å². The van der Waals surface area contributed by atoms with Crippen LogP contribution in [-0.4, -0.2) is 37.5 Å². The third-order valence-electron chi connectivity index (χ3n) is 4.58. The smallest absolute Gasteiger partial charge is 0.246 e. The Balaban J connectivity index is 2.06. The first-order chi connectivity index (χ1) is 10.1. The standard InChI is InChI=1S/C17H27N3O/c1-5-12(6-2)15(20(3)4)11-18-16-13-9-7-8-10-14(13)19-17(16)21/h7-10,12,15-16,18H,5-6,11H2,1-4H3,(H,19,21). The lowest BCUT2D eigenvalue weighted by atomic mass is 9.93. The summed E-state index contributed by atoms with van der Waals surface area (Å²) in [5, 5.41) is 6.41. The molecule has 116 valence electrons. The Hall–Kier alpha value is -1.39. The normalized spacial score (nSPS) is 19.0. The zero-order valence-corrected chi connectivity index (χ0v) is 13.5. The first kappa shape index (κ1) is 16.0. The van der Waals surface area contributed by atoms with Gasteiger partial charge in [-0.3, -0.25) is 4.79 Å². The zero-order valence-electron chi connectivity index (χ0n) is 13.5. The number of fused-ring (bicyclic) bond motifs is 1. The molecule has 1 amide bonds. The van der Waals surface area contributed by atoms with Gasteiger partial charge in [-0.1, -0.05) is 44.9 Å². The molecule has 0 bridgehead atoms. The molecule has 21 heavy (non-hydrogen) atoms. The van der Waals surface area contributed by atoms with E-state index in [9.17, 15) is 4.79 Å². The number of para-hydroxylation sites is 1. The molecule has 0 spiro atoms. The van der Waals surface area contributed by atoms with Gasteiger partial charge in [-0.2, -0.15) is 0 Å². The molecule has 0 fully saturated rings. The SMILES string of the molecule is CCC(CC)C(CNC1C(=O)Nc2ccccc21)N(C)C. The van der Waals surface area contributed by atoms with E-state index in [1.165, 1.54) is 0 Å². The number of rotatable bonds is 7. The van der Waals surface area contributed by atoms with Gasteiger partial charge in [-0.05, 0) is 26.1 Å². The lowest BCUT2D eigenvalue weighted by Crippen LogP contribution is -2.44. The van der Waals surface area contributed by atoms with Crippen LogP contribution in [0.2, 0.25) is 0 Å². The average molecular weight is 289 g/mol. The highest BCUT2D eigenvalue weighted by molar-refractivity contribution is 6.02. The van der Waals surface area contributed by atoms with Crippen molar-refractivity contribution >= 4 is 11.6 Å². The quantitative estimate of drug-likeness (QED) is 0.811. The molecule has 0 aliphatic carbocycles. The second-order valence-electron chi connectivity index (χ2n) is 6.03. The summed E-state index contributed by atoms with van der Waals surface area (Å²) in [6.07, 6.45) is 2.32. The molecular weight excluding hydrogens is 262 g/mol. The molecule has 1 aliphatic heterocycles. The second kappa shape index (κ2) is 7.05. The first-order valence-electron chi connectivity index (χ1n) is 7.88. The van der Waals surface area contributed by atoms with Crippen LogP contribution in [-0.2, 0) is 4.79 Å². The van der Waals surface area contributed by atoms with Gasteiger partial charge in [-0.15, -0.1) is 0 Å². The first-order valence-corrected chi connectivity index (χ1v) is 7.88. The van der Waals surface area contributed by atoms with E-state index in [4.69, 9.17) is 0 Å². The van der Waals surface area contributed by atoms with E-state index >= 15 is 0 Å². The highest BCUT2D eigenvalue weighted by Gasteiger charge is 2.31. The molecule has 0 aromatic heterocycles. The highest BCUT2D eigenvalue weighted by Crippen LogP contribution is 2.30. The van der Waals surface area contributed by atoms with Crippen molar-refractivity contribution in [1.82, 2.24) is 10.2 Å². The van der Waals surface area contributed by atoms with Crippen molar-refractivity contribution in [3.8, 4) is 0 Å². The van der Waals surface area contributed by atoms with Gasteiger partial charge in [-0.25, -0.2) is 0 Å². The molecule has 4 nitrogen and oxygen atoms in total. The van der Waals surface area contributed by atoms with Crippen LogP contribution in [0.15, 0.2) is 24.3 Å². The summed E-state index contributed by atoms with van der Waals surface area (Å²) in [4.78, 5) is 14.4. The number of likely N-dealkylation sites (N-methyl/N-ethyl adjacent to an activating group) is 1. The second-order valence-corrected chi connectivity index (χ2v) is 6.03. The number of carbonyl (C=O) groups excluding carboxylic acids is 1. The number of hydrogen-bond donors (Lipinski definition) is 2. The number of nitrogens with one attached hydrogen (secondary N) is 2. The van der Waals surface area contributed by atoms with Crippen molar-refractivity contribution in [2.75, 3.05) is 26.0 Å². The van der Waals surface area contributed by atoms with Crippen LogP contribution in [0.1, 0.15) is 38.3 Å².